The molecule has 2 heteroatoms. The molecule has 0 aliphatic carbocycles. The number of methoxy groups -OCH3 is 1. The largest absolute Gasteiger partial charge is 0.382 e. The average Bonchev–Trinajstić information content (AvgIpc) is 1.80. The van der Waals surface area contributed by atoms with Crippen LogP contribution in [-0.2, 0) is 4.74 Å². The maximum absolute atomic E-state index is 5.26. The maximum atomic E-state index is 5.26. The Bertz CT molecular complexity index is 147. The van der Waals surface area contributed by atoms with E-state index >= 15 is 0 Å². The van der Waals surface area contributed by atoms with Crippen LogP contribution in [0.15, 0.2) is 0 Å². The summed E-state index contributed by atoms with van der Waals surface area (Å²) >= 11 is 0. The van der Waals surface area contributed by atoms with Gasteiger partial charge in [-0.2, -0.15) is 0 Å². The van der Waals surface area contributed by atoms with E-state index in [4.69, 9.17) is 4.74 Å². The fourth-order valence-corrected chi connectivity index (χ4v) is 1.87. The predicted octanol–water partition coefficient (Wildman–Crippen LogP) is 2.58. The molecule has 13 heavy (non-hydrogen) atoms. The molecule has 0 aliphatic rings. The molecular formula is C11H25NO. The summed E-state index contributed by atoms with van der Waals surface area (Å²) in [5.41, 5.74) is 0.296. The zero-order valence-electron chi connectivity index (χ0n) is 10.2. The molecule has 2 nitrogen and oxygen atoms in total. The molecule has 1 unspecified atom stereocenters. The fraction of sp³-hybridized carbons (Fsp3) is 1.00. The van der Waals surface area contributed by atoms with Crippen LogP contribution in [-0.4, -0.2) is 24.3 Å². The number of hydrogen-bond acceptors (Lipinski definition) is 2. The smallest absolute Gasteiger partial charge is 0.0560 e. The Morgan fingerprint density at radius 1 is 1.15 bits per heavy atom. The summed E-state index contributed by atoms with van der Waals surface area (Å²) in [6.07, 6.45) is 1.34. The molecule has 1 N–H and O–H groups in total. The summed E-state index contributed by atoms with van der Waals surface area (Å²) in [7, 11) is 1.76. The van der Waals surface area contributed by atoms with Gasteiger partial charge in [0.1, 0.15) is 0 Å². The molecule has 0 fully saturated rings. The van der Waals surface area contributed by atoms with Crippen molar-refractivity contribution in [2.24, 2.45) is 0 Å². The summed E-state index contributed by atoms with van der Waals surface area (Å²) in [5, 5.41) is 3.58. The Morgan fingerprint density at radius 2 is 1.62 bits per heavy atom. The van der Waals surface area contributed by atoms with Gasteiger partial charge in [0.05, 0.1) is 6.10 Å². The van der Waals surface area contributed by atoms with E-state index in [1.165, 1.54) is 0 Å². The van der Waals surface area contributed by atoms with E-state index in [2.05, 4.69) is 46.9 Å². The van der Waals surface area contributed by atoms with E-state index in [9.17, 15) is 0 Å². The molecule has 0 aromatic carbocycles. The molecule has 0 aromatic rings. The Kier molecular flexibility index (Phi) is 4.40. The van der Waals surface area contributed by atoms with Crippen LogP contribution >= 0.6 is 0 Å². The van der Waals surface area contributed by atoms with E-state index in [-0.39, 0.29) is 11.1 Å². The first kappa shape index (κ1) is 12.9. The average molecular weight is 187 g/mol. The normalized spacial score (nSPS) is 15.9. The first-order valence-electron chi connectivity index (χ1n) is 4.98. The van der Waals surface area contributed by atoms with Gasteiger partial charge in [-0.05, 0) is 48.0 Å². The number of hydrogen-bond donors (Lipinski definition) is 1. The third-order valence-corrected chi connectivity index (χ3v) is 1.91. The van der Waals surface area contributed by atoms with Crippen LogP contribution in [0.5, 0.6) is 0 Å². The van der Waals surface area contributed by atoms with Crippen molar-refractivity contribution in [1.29, 1.82) is 0 Å². The Morgan fingerprint density at radius 3 is 1.92 bits per heavy atom. The van der Waals surface area contributed by atoms with Gasteiger partial charge in [0.25, 0.3) is 0 Å². The lowest BCUT2D eigenvalue weighted by molar-refractivity contribution is 0.0801. The zero-order valence-corrected chi connectivity index (χ0v) is 10.2. The van der Waals surface area contributed by atoms with Crippen molar-refractivity contribution >= 4 is 0 Å². The van der Waals surface area contributed by atoms with Gasteiger partial charge in [0.2, 0.25) is 0 Å². The molecule has 1 atom stereocenters. The molecule has 0 aliphatic heterocycles. The quantitative estimate of drug-likeness (QED) is 0.730. The molecule has 0 heterocycles. The van der Waals surface area contributed by atoms with E-state index in [1.807, 2.05) is 0 Å². The van der Waals surface area contributed by atoms with Gasteiger partial charge in [-0.15, -0.1) is 0 Å². The molecule has 0 radical (unpaired) electrons. The highest BCUT2D eigenvalue weighted by Gasteiger charge is 2.25. The molecule has 0 saturated heterocycles. The Hall–Kier alpha value is -0.0800. The minimum absolute atomic E-state index is 0.133. The second-order valence-electron chi connectivity index (χ2n) is 5.51. The predicted molar refractivity (Wildman–Crippen MR) is 58.1 cm³/mol. The van der Waals surface area contributed by atoms with Gasteiger partial charge in [-0.25, -0.2) is 0 Å². The van der Waals surface area contributed by atoms with Gasteiger partial charge in [0.15, 0.2) is 0 Å². The molecule has 0 bridgehead atoms. The molecule has 0 amide bonds. The molecule has 0 spiro atoms. The van der Waals surface area contributed by atoms with E-state index < -0.39 is 0 Å². The number of nitrogens with one attached hydrogen (secondary N) is 1. The summed E-state index contributed by atoms with van der Waals surface area (Å²) in [4.78, 5) is 0. The first-order chi connectivity index (χ1) is 5.66. The lowest BCUT2D eigenvalue weighted by Gasteiger charge is -2.36. The molecule has 0 aromatic heterocycles. The van der Waals surface area contributed by atoms with Gasteiger partial charge < -0.3 is 10.1 Å². The van der Waals surface area contributed by atoms with Gasteiger partial charge >= 0.3 is 0 Å². The van der Waals surface area contributed by atoms with Crippen molar-refractivity contribution in [3.05, 3.63) is 0 Å². The first-order valence-corrected chi connectivity index (χ1v) is 4.98. The van der Waals surface area contributed by atoms with Crippen LogP contribution in [0.4, 0.5) is 0 Å². The summed E-state index contributed by atoms with van der Waals surface area (Å²) in [6, 6.07) is 0. The van der Waals surface area contributed by atoms with Crippen LogP contribution < -0.4 is 5.32 Å². The van der Waals surface area contributed by atoms with Crippen LogP contribution in [0.1, 0.15) is 48.0 Å². The molecular weight excluding hydrogens is 162 g/mol. The van der Waals surface area contributed by atoms with Crippen LogP contribution in [0, 0.1) is 0 Å². The van der Waals surface area contributed by atoms with Crippen LogP contribution in [0.25, 0.3) is 0 Å². The van der Waals surface area contributed by atoms with E-state index in [0.717, 1.165) is 6.42 Å². The summed E-state index contributed by atoms with van der Waals surface area (Å²) < 4.78 is 5.26. The van der Waals surface area contributed by atoms with Crippen LogP contribution in [0.2, 0.25) is 0 Å². The monoisotopic (exact) mass is 187 g/mol. The topological polar surface area (TPSA) is 21.3 Å². The zero-order chi connectivity index (χ0) is 10.7. The minimum Gasteiger partial charge on any atom is -0.382 e. The molecule has 0 saturated carbocycles. The SMILES string of the molecule is COC(C)CC(C)(C)NC(C)(C)C. The van der Waals surface area contributed by atoms with Crippen molar-refractivity contribution in [3.63, 3.8) is 0 Å². The van der Waals surface area contributed by atoms with E-state index in [1.54, 1.807) is 7.11 Å². The highest BCUT2D eigenvalue weighted by molar-refractivity contribution is 4.86. The highest BCUT2D eigenvalue weighted by atomic mass is 16.5. The lowest BCUT2D eigenvalue weighted by Crippen LogP contribution is -2.51. The minimum atomic E-state index is 0.133. The van der Waals surface area contributed by atoms with E-state index in [0.29, 0.717) is 6.10 Å². The molecule has 0 rings (SSSR count). The van der Waals surface area contributed by atoms with Crippen molar-refractivity contribution in [3.8, 4) is 0 Å². The number of rotatable bonds is 4. The summed E-state index contributed by atoms with van der Waals surface area (Å²) in [6.45, 7) is 13.1. The molecule has 80 valence electrons. The van der Waals surface area contributed by atoms with Gasteiger partial charge in [-0.1, -0.05) is 0 Å². The van der Waals surface area contributed by atoms with Crippen LogP contribution in [0.3, 0.4) is 0 Å². The standard InChI is InChI=1S/C11H25NO/c1-9(13-7)8-11(5,6)12-10(2,3)4/h9,12H,8H2,1-7H3. The maximum Gasteiger partial charge on any atom is 0.0560 e. The van der Waals surface area contributed by atoms with Crippen molar-refractivity contribution in [2.45, 2.75) is 65.1 Å². The third-order valence-electron chi connectivity index (χ3n) is 1.91. The second-order valence-corrected chi connectivity index (χ2v) is 5.51. The second kappa shape index (κ2) is 4.43. The van der Waals surface area contributed by atoms with Crippen molar-refractivity contribution in [1.82, 2.24) is 5.32 Å². The Labute approximate surface area is 83.1 Å². The third kappa shape index (κ3) is 7.03. The Balaban J connectivity index is 4.08. The highest BCUT2D eigenvalue weighted by Crippen LogP contribution is 2.17. The lowest BCUT2D eigenvalue weighted by atomic mass is 9.93. The van der Waals surface area contributed by atoms with Crippen molar-refractivity contribution in [2.75, 3.05) is 7.11 Å². The van der Waals surface area contributed by atoms with Gasteiger partial charge in [0, 0.05) is 18.2 Å². The number of ether oxygens (including phenoxy) is 1. The van der Waals surface area contributed by atoms with Gasteiger partial charge in [-0.3, -0.25) is 0 Å². The summed E-state index contributed by atoms with van der Waals surface area (Å²) in [5.74, 6) is 0. The van der Waals surface area contributed by atoms with Crippen molar-refractivity contribution < 1.29 is 4.74 Å². The fourth-order valence-electron chi connectivity index (χ4n) is 1.87.